The number of rotatable bonds is 1. The van der Waals surface area contributed by atoms with Crippen LogP contribution in [0.1, 0.15) is 41.0 Å². The number of nitrogens with zero attached hydrogens (tertiary/aromatic N) is 1. The first kappa shape index (κ1) is 11.9. The van der Waals surface area contributed by atoms with E-state index >= 15 is 0 Å². The summed E-state index contributed by atoms with van der Waals surface area (Å²) in [5.41, 5.74) is 5.94. The molecule has 1 aliphatic rings. The van der Waals surface area contributed by atoms with Crippen LogP contribution in [0.25, 0.3) is 0 Å². The third-order valence-corrected chi connectivity index (χ3v) is 2.44. The van der Waals surface area contributed by atoms with E-state index in [1.165, 1.54) is 25.7 Å². The lowest BCUT2D eigenvalue weighted by atomic mass is 9.90. The predicted octanol–water partition coefficient (Wildman–Crippen LogP) is 2.09. The number of likely N-dealkylation sites (N-methyl/N-ethyl adjacent to an activating group) is 1. The first-order valence-corrected chi connectivity index (χ1v) is 5.14. The van der Waals surface area contributed by atoms with Crippen molar-refractivity contribution in [1.82, 2.24) is 4.90 Å². The molecule has 2 nitrogen and oxygen atoms in total. The van der Waals surface area contributed by atoms with Crippen molar-refractivity contribution in [1.29, 1.82) is 0 Å². The van der Waals surface area contributed by atoms with Crippen LogP contribution in [-0.4, -0.2) is 31.1 Å². The number of nitrogens with two attached hydrogens (primary N) is 1. The van der Waals surface area contributed by atoms with Gasteiger partial charge in [-0.15, -0.1) is 0 Å². The maximum atomic E-state index is 5.94. The van der Waals surface area contributed by atoms with Gasteiger partial charge in [0.1, 0.15) is 0 Å². The van der Waals surface area contributed by atoms with Gasteiger partial charge in [-0.1, -0.05) is 26.7 Å². The Bertz CT molecular complexity index is 107. The summed E-state index contributed by atoms with van der Waals surface area (Å²) >= 11 is 0. The maximum absolute atomic E-state index is 5.94. The van der Waals surface area contributed by atoms with Gasteiger partial charge in [-0.2, -0.15) is 0 Å². The molecule has 0 spiro atoms. The zero-order valence-electron chi connectivity index (χ0n) is 9.01. The summed E-state index contributed by atoms with van der Waals surface area (Å²) in [6.07, 6.45) is 5.18. The Morgan fingerprint density at radius 2 is 1.67 bits per heavy atom. The molecule has 0 heterocycles. The molecule has 1 saturated carbocycles. The summed E-state index contributed by atoms with van der Waals surface area (Å²) in [5, 5.41) is 0. The van der Waals surface area contributed by atoms with E-state index in [4.69, 9.17) is 5.73 Å². The first-order valence-electron chi connectivity index (χ1n) is 5.14. The molecular formula is C10H26N2. The second kappa shape index (κ2) is 6.44. The Morgan fingerprint density at radius 1 is 1.17 bits per heavy atom. The number of hydrogen-bond donors (Lipinski definition) is 1. The molecule has 0 aromatic carbocycles. The van der Waals surface area contributed by atoms with Crippen LogP contribution in [0.4, 0.5) is 0 Å². The van der Waals surface area contributed by atoms with E-state index in [0.29, 0.717) is 12.1 Å². The van der Waals surface area contributed by atoms with Crippen LogP contribution in [0.2, 0.25) is 0 Å². The molecule has 0 bridgehead atoms. The summed E-state index contributed by atoms with van der Waals surface area (Å²) in [6.45, 7) is 4.00. The lowest BCUT2D eigenvalue weighted by Gasteiger charge is -2.33. The van der Waals surface area contributed by atoms with Gasteiger partial charge in [-0.05, 0) is 26.9 Å². The SMILES string of the molecule is CC.CN(C)[C@H]1CCCC[C@@H]1N.[HH]. The zero-order chi connectivity index (χ0) is 9.56. The van der Waals surface area contributed by atoms with Crippen molar-refractivity contribution in [3.8, 4) is 0 Å². The zero-order valence-corrected chi connectivity index (χ0v) is 9.01. The third-order valence-electron chi connectivity index (χ3n) is 2.44. The van der Waals surface area contributed by atoms with Crippen LogP contribution in [0.5, 0.6) is 0 Å². The van der Waals surface area contributed by atoms with Gasteiger partial charge < -0.3 is 10.6 Å². The fourth-order valence-electron chi connectivity index (χ4n) is 1.78. The van der Waals surface area contributed by atoms with Gasteiger partial charge in [0.15, 0.2) is 0 Å². The van der Waals surface area contributed by atoms with Crippen molar-refractivity contribution < 1.29 is 1.43 Å². The van der Waals surface area contributed by atoms with Crippen LogP contribution >= 0.6 is 0 Å². The highest BCUT2D eigenvalue weighted by atomic mass is 15.1. The third kappa shape index (κ3) is 3.55. The van der Waals surface area contributed by atoms with Crippen molar-refractivity contribution in [2.75, 3.05) is 14.1 Å². The predicted molar refractivity (Wildman–Crippen MR) is 57.4 cm³/mol. The van der Waals surface area contributed by atoms with E-state index in [1.54, 1.807) is 0 Å². The van der Waals surface area contributed by atoms with Crippen LogP contribution < -0.4 is 5.73 Å². The minimum atomic E-state index is 0. The second-order valence-electron chi connectivity index (χ2n) is 3.48. The molecule has 0 saturated heterocycles. The molecule has 2 heteroatoms. The molecule has 12 heavy (non-hydrogen) atoms. The first-order chi connectivity index (χ1) is 5.72. The Labute approximate surface area is 78.6 Å². The summed E-state index contributed by atoms with van der Waals surface area (Å²) in [7, 11) is 4.24. The Hall–Kier alpha value is -0.0800. The normalized spacial score (nSPS) is 29.5. The lowest BCUT2D eigenvalue weighted by molar-refractivity contribution is 0.201. The van der Waals surface area contributed by atoms with Crippen molar-refractivity contribution in [3.05, 3.63) is 0 Å². The minimum Gasteiger partial charge on any atom is -0.326 e. The molecular weight excluding hydrogens is 148 g/mol. The average molecular weight is 174 g/mol. The molecule has 0 aromatic heterocycles. The fraction of sp³-hybridized carbons (Fsp3) is 1.00. The van der Waals surface area contributed by atoms with Crippen LogP contribution in [-0.2, 0) is 0 Å². The van der Waals surface area contributed by atoms with E-state index in [0.717, 1.165) is 0 Å². The highest BCUT2D eigenvalue weighted by Gasteiger charge is 2.22. The monoisotopic (exact) mass is 174 g/mol. The summed E-state index contributed by atoms with van der Waals surface area (Å²) in [5.74, 6) is 0. The summed E-state index contributed by atoms with van der Waals surface area (Å²) in [4.78, 5) is 2.25. The largest absolute Gasteiger partial charge is 0.326 e. The molecule has 76 valence electrons. The van der Waals surface area contributed by atoms with Crippen molar-refractivity contribution in [3.63, 3.8) is 0 Å². The van der Waals surface area contributed by atoms with Gasteiger partial charge in [0.05, 0.1) is 0 Å². The Balaban J connectivity index is 0. The van der Waals surface area contributed by atoms with E-state index < -0.39 is 0 Å². The standard InChI is InChI=1S/C8H18N2.C2H6.H2/c1-10(2)8-6-4-3-5-7(8)9;1-2;/h7-8H,3-6,9H2,1-2H3;1-2H3;1H/t7-,8-;;/m0../s1. The highest BCUT2D eigenvalue weighted by Crippen LogP contribution is 2.19. The second-order valence-corrected chi connectivity index (χ2v) is 3.48. The molecule has 2 N–H and O–H groups in total. The topological polar surface area (TPSA) is 29.3 Å². The van der Waals surface area contributed by atoms with Crippen molar-refractivity contribution in [2.45, 2.75) is 51.6 Å². The van der Waals surface area contributed by atoms with Crippen molar-refractivity contribution in [2.24, 2.45) is 5.73 Å². The smallest absolute Gasteiger partial charge is 0.0241 e. The van der Waals surface area contributed by atoms with Gasteiger partial charge in [0.25, 0.3) is 0 Å². The molecule has 0 amide bonds. The Morgan fingerprint density at radius 3 is 2.00 bits per heavy atom. The van der Waals surface area contributed by atoms with Crippen LogP contribution in [0, 0.1) is 0 Å². The Kier molecular flexibility index (Phi) is 6.39. The van der Waals surface area contributed by atoms with Gasteiger partial charge in [-0.25, -0.2) is 0 Å². The molecule has 0 aliphatic heterocycles. The summed E-state index contributed by atoms with van der Waals surface area (Å²) in [6, 6.07) is 1.05. The molecule has 1 fully saturated rings. The molecule has 0 radical (unpaired) electrons. The molecule has 2 atom stereocenters. The van der Waals surface area contributed by atoms with E-state index in [2.05, 4.69) is 19.0 Å². The van der Waals surface area contributed by atoms with Crippen LogP contribution in [0.3, 0.4) is 0 Å². The van der Waals surface area contributed by atoms with Gasteiger partial charge >= 0.3 is 0 Å². The van der Waals surface area contributed by atoms with E-state index in [9.17, 15) is 0 Å². The lowest BCUT2D eigenvalue weighted by Crippen LogP contribution is -2.46. The molecule has 0 aromatic rings. The number of hydrogen-bond acceptors (Lipinski definition) is 2. The molecule has 1 aliphatic carbocycles. The fourth-order valence-corrected chi connectivity index (χ4v) is 1.78. The molecule has 0 unspecified atom stereocenters. The van der Waals surface area contributed by atoms with Gasteiger partial charge in [0, 0.05) is 13.5 Å². The van der Waals surface area contributed by atoms with Gasteiger partial charge in [0.2, 0.25) is 0 Å². The van der Waals surface area contributed by atoms with E-state index in [1.807, 2.05) is 13.8 Å². The van der Waals surface area contributed by atoms with Crippen molar-refractivity contribution >= 4 is 0 Å². The van der Waals surface area contributed by atoms with E-state index in [-0.39, 0.29) is 1.43 Å². The summed E-state index contributed by atoms with van der Waals surface area (Å²) < 4.78 is 0. The minimum absolute atomic E-state index is 0. The van der Waals surface area contributed by atoms with Gasteiger partial charge in [-0.3, -0.25) is 0 Å². The quantitative estimate of drug-likeness (QED) is 0.659. The van der Waals surface area contributed by atoms with Crippen LogP contribution in [0.15, 0.2) is 0 Å². The average Bonchev–Trinajstić information content (AvgIpc) is 2.08. The molecule has 1 rings (SSSR count). The highest BCUT2D eigenvalue weighted by molar-refractivity contribution is 4.82. The maximum Gasteiger partial charge on any atom is 0.0241 e.